The maximum Gasteiger partial charge on any atom is 0.244 e. The molecule has 0 amide bonds. The Hall–Kier alpha value is -0.850. The predicted molar refractivity (Wildman–Crippen MR) is 82.1 cm³/mol. The van der Waals surface area contributed by atoms with E-state index in [9.17, 15) is 8.42 Å². The SMILES string of the molecule is CCC(C)CN(CC)S(=O)(=O)c1cc(CNC)n(C)c1. The number of aromatic nitrogens is 1. The van der Waals surface area contributed by atoms with Crippen molar-refractivity contribution >= 4 is 10.0 Å². The van der Waals surface area contributed by atoms with Crippen LogP contribution in [0.2, 0.25) is 0 Å². The van der Waals surface area contributed by atoms with Crippen LogP contribution in [0.4, 0.5) is 0 Å². The molecule has 0 bridgehead atoms. The number of nitrogens with zero attached hydrogens (tertiary/aromatic N) is 2. The van der Waals surface area contributed by atoms with Crippen LogP contribution in [0.25, 0.3) is 0 Å². The Morgan fingerprint density at radius 1 is 1.40 bits per heavy atom. The van der Waals surface area contributed by atoms with Crippen molar-refractivity contribution in [2.45, 2.75) is 38.6 Å². The van der Waals surface area contributed by atoms with Crippen LogP contribution >= 0.6 is 0 Å². The van der Waals surface area contributed by atoms with Crippen LogP contribution < -0.4 is 5.32 Å². The van der Waals surface area contributed by atoms with Crippen LogP contribution in [0.5, 0.6) is 0 Å². The molecule has 0 fully saturated rings. The van der Waals surface area contributed by atoms with Gasteiger partial charge < -0.3 is 9.88 Å². The highest BCUT2D eigenvalue weighted by molar-refractivity contribution is 7.89. The quantitative estimate of drug-likeness (QED) is 0.796. The third-order valence-electron chi connectivity index (χ3n) is 3.64. The Bertz CT molecular complexity index is 523. The highest BCUT2D eigenvalue weighted by Crippen LogP contribution is 2.20. The fourth-order valence-electron chi connectivity index (χ4n) is 2.10. The summed E-state index contributed by atoms with van der Waals surface area (Å²) >= 11 is 0. The summed E-state index contributed by atoms with van der Waals surface area (Å²) in [4.78, 5) is 0.385. The second-order valence-corrected chi connectivity index (χ2v) is 7.22. The number of aryl methyl sites for hydroxylation is 1. The first-order valence-corrected chi connectivity index (χ1v) is 8.60. The summed E-state index contributed by atoms with van der Waals surface area (Å²) in [7, 11) is 0.330. The molecule has 0 aliphatic carbocycles. The molecule has 6 heteroatoms. The van der Waals surface area contributed by atoms with Gasteiger partial charge in [0.2, 0.25) is 10.0 Å². The molecule has 0 radical (unpaired) electrons. The molecule has 0 aliphatic heterocycles. The molecule has 5 nitrogen and oxygen atoms in total. The second kappa shape index (κ2) is 7.24. The maximum absolute atomic E-state index is 12.7. The van der Waals surface area contributed by atoms with E-state index in [-0.39, 0.29) is 0 Å². The molecule has 1 atom stereocenters. The normalized spacial score (nSPS) is 13.9. The van der Waals surface area contributed by atoms with E-state index in [0.717, 1.165) is 12.1 Å². The van der Waals surface area contributed by atoms with Gasteiger partial charge >= 0.3 is 0 Å². The lowest BCUT2D eigenvalue weighted by molar-refractivity contribution is 0.361. The number of nitrogens with one attached hydrogen (secondary N) is 1. The summed E-state index contributed by atoms with van der Waals surface area (Å²) in [6.45, 7) is 7.78. The zero-order valence-corrected chi connectivity index (χ0v) is 14.0. The van der Waals surface area contributed by atoms with Gasteiger partial charge in [-0.2, -0.15) is 4.31 Å². The number of sulfonamides is 1. The van der Waals surface area contributed by atoms with Gasteiger partial charge in [0.05, 0.1) is 0 Å². The molecule has 0 aliphatic rings. The number of hydrogen-bond donors (Lipinski definition) is 1. The Balaban J connectivity index is 3.04. The van der Waals surface area contributed by atoms with E-state index in [4.69, 9.17) is 0 Å². The highest BCUT2D eigenvalue weighted by atomic mass is 32.2. The standard InChI is InChI=1S/C14H27N3O2S/c1-6-12(3)10-17(7-2)20(18,19)14-8-13(9-15-4)16(5)11-14/h8,11-12,15H,6-7,9-10H2,1-5H3. The Morgan fingerprint density at radius 3 is 2.55 bits per heavy atom. The average molecular weight is 301 g/mol. The molecule has 116 valence electrons. The first-order valence-electron chi connectivity index (χ1n) is 7.16. The van der Waals surface area contributed by atoms with Gasteiger partial charge in [0.1, 0.15) is 4.90 Å². The zero-order valence-electron chi connectivity index (χ0n) is 13.2. The van der Waals surface area contributed by atoms with Gasteiger partial charge in [-0.1, -0.05) is 27.2 Å². The molecular formula is C14H27N3O2S. The van der Waals surface area contributed by atoms with E-state index >= 15 is 0 Å². The molecule has 1 aromatic heterocycles. The topological polar surface area (TPSA) is 54.3 Å². The molecule has 20 heavy (non-hydrogen) atoms. The average Bonchev–Trinajstić information content (AvgIpc) is 2.78. The minimum absolute atomic E-state index is 0.366. The summed E-state index contributed by atoms with van der Waals surface area (Å²) < 4.78 is 28.8. The van der Waals surface area contributed by atoms with Crippen molar-refractivity contribution in [3.8, 4) is 0 Å². The van der Waals surface area contributed by atoms with E-state index in [1.165, 1.54) is 0 Å². The predicted octanol–water partition coefficient (Wildman–Crippen LogP) is 1.80. The van der Waals surface area contributed by atoms with Gasteiger partial charge in [-0.05, 0) is 19.0 Å². The Morgan fingerprint density at radius 2 is 2.05 bits per heavy atom. The molecule has 0 saturated heterocycles. The fourth-order valence-corrected chi connectivity index (χ4v) is 3.76. The molecule has 1 heterocycles. The van der Waals surface area contributed by atoms with Crippen LogP contribution in [-0.2, 0) is 23.6 Å². The van der Waals surface area contributed by atoms with Crippen LogP contribution in [0.15, 0.2) is 17.2 Å². The molecular weight excluding hydrogens is 274 g/mol. The van der Waals surface area contributed by atoms with E-state index in [2.05, 4.69) is 19.2 Å². The van der Waals surface area contributed by atoms with Gasteiger partial charge in [-0.3, -0.25) is 0 Å². The van der Waals surface area contributed by atoms with Gasteiger partial charge in [-0.15, -0.1) is 0 Å². The van der Waals surface area contributed by atoms with Crippen LogP contribution in [0.1, 0.15) is 32.9 Å². The molecule has 0 aromatic carbocycles. The van der Waals surface area contributed by atoms with E-state index in [0.29, 0.717) is 30.4 Å². The van der Waals surface area contributed by atoms with Crippen molar-refractivity contribution in [2.24, 2.45) is 13.0 Å². The van der Waals surface area contributed by atoms with Gasteiger partial charge in [0, 0.05) is 38.6 Å². The third kappa shape index (κ3) is 3.84. The summed E-state index contributed by atoms with van der Waals surface area (Å²) in [6, 6.07) is 1.76. The highest BCUT2D eigenvalue weighted by Gasteiger charge is 2.25. The van der Waals surface area contributed by atoms with Gasteiger partial charge in [-0.25, -0.2) is 8.42 Å². The molecule has 0 spiro atoms. The summed E-state index contributed by atoms with van der Waals surface area (Å²) in [6.07, 6.45) is 2.67. The van der Waals surface area contributed by atoms with Crippen molar-refractivity contribution < 1.29 is 8.42 Å². The summed E-state index contributed by atoms with van der Waals surface area (Å²) in [5.74, 6) is 0.366. The first kappa shape index (κ1) is 17.2. The number of rotatable bonds is 8. The van der Waals surface area contributed by atoms with Crippen molar-refractivity contribution in [3.05, 3.63) is 18.0 Å². The van der Waals surface area contributed by atoms with Crippen molar-refractivity contribution in [3.63, 3.8) is 0 Å². The Kier molecular flexibility index (Phi) is 6.23. The largest absolute Gasteiger partial charge is 0.352 e. The lowest BCUT2D eigenvalue weighted by Crippen LogP contribution is -2.34. The van der Waals surface area contributed by atoms with Gasteiger partial charge in [0.15, 0.2) is 0 Å². The summed E-state index contributed by atoms with van der Waals surface area (Å²) in [5, 5.41) is 3.04. The molecule has 0 saturated carbocycles. The van der Waals surface area contributed by atoms with E-state index in [1.807, 2.05) is 25.6 Å². The Labute approximate surface area is 123 Å². The minimum Gasteiger partial charge on any atom is -0.352 e. The molecule has 1 rings (SSSR count). The summed E-state index contributed by atoms with van der Waals surface area (Å²) in [5.41, 5.74) is 0.964. The van der Waals surface area contributed by atoms with Crippen molar-refractivity contribution in [1.29, 1.82) is 0 Å². The molecule has 1 N–H and O–H groups in total. The van der Waals surface area contributed by atoms with Crippen molar-refractivity contribution in [2.75, 3.05) is 20.1 Å². The van der Waals surface area contributed by atoms with Crippen LogP contribution in [0.3, 0.4) is 0 Å². The zero-order chi connectivity index (χ0) is 15.3. The second-order valence-electron chi connectivity index (χ2n) is 5.28. The third-order valence-corrected chi connectivity index (χ3v) is 5.55. The van der Waals surface area contributed by atoms with Crippen LogP contribution in [-0.4, -0.2) is 37.4 Å². The molecule has 1 unspecified atom stereocenters. The first-order chi connectivity index (χ1) is 9.36. The van der Waals surface area contributed by atoms with Gasteiger partial charge in [0.25, 0.3) is 0 Å². The number of hydrogen-bond acceptors (Lipinski definition) is 3. The maximum atomic E-state index is 12.7. The lowest BCUT2D eigenvalue weighted by atomic mass is 10.1. The van der Waals surface area contributed by atoms with Crippen LogP contribution in [0, 0.1) is 5.92 Å². The van der Waals surface area contributed by atoms with E-state index < -0.39 is 10.0 Å². The fraction of sp³-hybridized carbons (Fsp3) is 0.714. The van der Waals surface area contributed by atoms with E-state index in [1.54, 1.807) is 16.6 Å². The van der Waals surface area contributed by atoms with Crippen molar-refractivity contribution in [1.82, 2.24) is 14.2 Å². The minimum atomic E-state index is -3.39. The monoisotopic (exact) mass is 301 g/mol. The lowest BCUT2D eigenvalue weighted by Gasteiger charge is -2.22. The smallest absolute Gasteiger partial charge is 0.244 e. The molecule has 1 aromatic rings.